The van der Waals surface area contributed by atoms with Gasteiger partial charge in [-0.25, -0.2) is 9.37 Å². The molecule has 2 aromatic heterocycles. The molecule has 0 spiro atoms. The average molecular weight is 536 g/mol. The van der Waals surface area contributed by atoms with Crippen LogP contribution in [-0.4, -0.2) is 28.3 Å². The molecular formula is C27H23BrFN3O3. The number of ether oxygens (including phenoxy) is 2. The van der Waals surface area contributed by atoms with Gasteiger partial charge in [0.25, 0.3) is 5.56 Å². The van der Waals surface area contributed by atoms with Gasteiger partial charge in [0.15, 0.2) is 11.5 Å². The second-order valence-corrected chi connectivity index (χ2v) is 9.17. The Morgan fingerprint density at radius 2 is 1.80 bits per heavy atom. The molecule has 0 fully saturated rings. The Morgan fingerprint density at radius 1 is 0.971 bits per heavy atom. The van der Waals surface area contributed by atoms with Crippen molar-refractivity contribution in [2.45, 2.75) is 19.5 Å². The van der Waals surface area contributed by atoms with E-state index in [0.717, 1.165) is 21.1 Å². The van der Waals surface area contributed by atoms with Crippen LogP contribution < -0.4 is 15.0 Å². The van der Waals surface area contributed by atoms with E-state index in [4.69, 9.17) is 9.47 Å². The van der Waals surface area contributed by atoms with Gasteiger partial charge in [0.05, 0.1) is 26.1 Å². The van der Waals surface area contributed by atoms with Gasteiger partial charge in [-0.2, -0.15) is 0 Å². The number of fused-ring (bicyclic) bond motifs is 3. The summed E-state index contributed by atoms with van der Waals surface area (Å²) in [6, 6.07) is 18.2. The van der Waals surface area contributed by atoms with Gasteiger partial charge in [-0.3, -0.25) is 9.36 Å². The summed E-state index contributed by atoms with van der Waals surface area (Å²) in [5, 5.41) is 0.624. The van der Waals surface area contributed by atoms with E-state index in [1.54, 1.807) is 31.2 Å². The molecule has 0 saturated heterocycles. The summed E-state index contributed by atoms with van der Waals surface area (Å²) in [5.74, 6) is 0.932. The van der Waals surface area contributed by atoms with E-state index in [2.05, 4.69) is 20.9 Å². The molecule has 2 heterocycles. The molecule has 8 heteroatoms. The van der Waals surface area contributed by atoms with Crippen molar-refractivity contribution in [3.63, 3.8) is 0 Å². The normalized spacial score (nSPS) is 11.3. The summed E-state index contributed by atoms with van der Waals surface area (Å²) in [4.78, 5) is 18.2. The van der Waals surface area contributed by atoms with Gasteiger partial charge in [-0.1, -0.05) is 34.1 Å². The van der Waals surface area contributed by atoms with E-state index < -0.39 is 0 Å². The van der Waals surface area contributed by atoms with Crippen molar-refractivity contribution >= 4 is 37.9 Å². The van der Waals surface area contributed by atoms with Gasteiger partial charge in [-0.05, 0) is 60.0 Å². The summed E-state index contributed by atoms with van der Waals surface area (Å²) in [6.45, 7) is 0.895. The number of halogens is 2. The van der Waals surface area contributed by atoms with E-state index in [1.807, 2.05) is 47.0 Å². The molecule has 5 aromatic rings. The fourth-order valence-electron chi connectivity index (χ4n) is 4.40. The maximum atomic E-state index is 14.1. The SMILES string of the molecule is COc1ccc(CCn2cnc3c4cc(F)ccc4n(Cc4cccc(Br)c4)c3c2=O)cc1OC. The molecule has 0 saturated carbocycles. The molecule has 5 rings (SSSR count). The average Bonchev–Trinajstić information content (AvgIpc) is 3.16. The molecule has 0 radical (unpaired) electrons. The number of hydrogen-bond acceptors (Lipinski definition) is 4. The second kappa shape index (κ2) is 9.54. The topological polar surface area (TPSA) is 58.3 Å². The van der Waals surface area contributed by atoms with Crippen molar-refractivity contribution in [3.05, 3.63) is 98.8 Å². The lowest BCUT2D eigenvalue weighted by Gasteiger charge is -2.11. The fourth-order valence-corrected chi connectivity index (χ4v) is 4.85. The van der Waals surface area contributed by atoms with Crippen molar-refractivity contribution in [1.29, 1.82) is 0 Å². The van der Waals surface area contributed by atoms with E-state index in [0.29, 0.717) is 47.4 Å². The zero-order valence-corrected chi connectivity index (χ0v) is 20.9. The Kier molecular flexibility index (Phi) is 6.30. The molecule has 0 bridgehead atoms. The number of aryl methyl sites for hydroxylation is 2. The third-order valence-corrected chi connectivity index (χ3v) is 6.60. The first kappa shape index (κ1) is 23.1. The molecule has 0 aliphatic heterocycles. The lowest BCUT2D eigenvalue weighted by atomic mass is 10.1. The lowest BCUT2D eigenvalue weighted by molar-refractivity contribution is 0.354. The Labute approximate surface area is 209 Å². The van der Waals surface area contributed by atoms with Gasteiger partial charge in [0.1, 0.15) is 16.9 Å². The molecule has 0 amide bonds. The number of nitrogens with zero attached hydrogens (tertiary/aromatic N) is 3. The third-order valence-electron chi connectivity index (χ3n) is 6.11. The Balaban J connectivity index is 1.58. The van der Waals surface area contributed by atoms with Crippen LogP contribution in [0.2, 0.25) is 0 Å². The predicted octanol–water partition coefficient (Wildman–Crippen LogP) is 5.56. The molecule has 0 unspecified atom stereocenters. The summed E-state index contributed by atoms with van der Waals surface area (Å²) in [6.07, 6.45) is 2.15. The van der Waals surface area contributed by atoms with Crippen molar-refractivity contribution in [3.8, 4) is 11.5 Å². The highest BCUT2D eigenvalue weighted by Crippen LogP contribution is 2.29. The highest BCUT2D eigenvalue weighted by Gasteiger charge is 2.18. The summed E-state index contributed by atoms with van der Waals surface area (Å²) in [7, 11) is 3.19. The van der Waals surface area contributed by atoms with Crippen LogP contribution in [0.15, 0.2) is 76.3 Å². The van der Waals surface area contributed by atoms with Crippen LogP contribution in [-0.2, 0) is 19.5 Å². The van der Waals surface area contributed by atoms with Crippen molar-refractivity contribution < 1.29 is 13.9 Å². The number of aromatic nitrogens is 3. The zero-order valence-electron chi connectivity index (χ0n) is 19.3. The fraction of sp³-hybridized carbons (Fsp3) is 0.185. The standard InChI is InChI=1S/C27H23BrFN3O3/c1-34-23-9-6-17(13-24(23)35-2)10-11-31-16-30-25-21-14-20(29)7-8-22(21)32(26(25)27(31)33)15-18-4-3-5-19(28)12-18/h3-9,12-14,16H,10-11,15H2,1-2H3. The third kappa shape index (κ3) is 4.41. The van der Waals surface area contributed by atoms with Crippen molar-refractivity contribution in [1.82, 2.24) is 14.1 Å². The molecule has 0 N–H and O–H groups in total. The predicted molar refractivity (Wildman–Crippen MR) is 138 cm³/mol. The van der Waals surface area contributed by atoms with E-state index in [1.165, 1.54) is 12.1 Å². The van der Waals surface area contributed by atoms with Gasteiger partial charge >= 0.3 is 0 Å². The van der Waals surface area contributed by atoms with Gasteiger partial charge in [0, 0.05) is 22.9 Å². The molecule has 0 atom stereocenters. The summed E-state index contributed by atoms with van der Waals surface area (Å²) < 4.78 is 29.3. The first-order chi connectivity index (χ1) is 17.0. The molecule has 0 aliphatic carbocycles. The number of rotatable bonds is 7. The molecule has 178 valence electrons. The van der Waals surface area contributed by atoms with Crippen LogP contribution in [0.4, 0.5) is 4.39 Å². The van der Waals surface area contributed by atoms with Gasteiger partial charge < -0.3 is 14.0 Å². The Bertz CT molecular complexity index is 1610. The molecule has 35 heavy (non-hydrogen) atoms. The smallest absolute Gasteiger partial charge is 0.277 e. The van der Waals surface area contributed by atoms with Gasteiger partial charge in [0.2, 0.25) is 0 Å². The van der Waals surface area contributed by atoms with Crippen LogP contribution in [0.25, 0.3) is 21.9 Å². The quantitative estimate of drug-likeness (QED) is 0.273. The van der Waals surface area contributed by atoms with Crippen molar-refractivity contribution in [2.75, 3.05) is 14.2 Å². The van der Waals surface area contributed by atoms with Crippen molar-refractivity contribution in [2.24, 2.45) is 0 Å². The first-order valence-electron chi connectivity index (χ1n) is 11.1. The molecular weight excluding hydrogens is 513 g/mol. The number of methoxy groups -OCH3 is 2. The van der Waals surface area contributed by atoms with E-state index in [-0.39, 0.29) is 11.4 Å². The van der Waals surface area contributed by atoms with Crippen LogP contribution in [0.1, 0.15) is 11.1 Å². The second-order valence-electron chi connectivity index (χ2n) is 8.26. The molecule has 0 aliphatic rings. The summed E-state index contributed by atoms with van der Waals surface area (Å²) in [5.41, 5.74) is 3.59. The minimum Gasteiger partial charge on any atom is -0.493 e. The summed E-state index contributed by atoms with van der Waals surface area (Å²) >= 11 is 3.51. The zero-order chi connectivity index (χ0) is 24.5. The highest BCUT2D eigenvalue weighted by atomic mass is 79.9. The van der Waals surface area contributed by atoms with Crippen LogP contribution >= 0.6 is 15.9 Å². The monoisotopic (exact) mass is 535 g/mol. The van der Waals surface area contributed by atoms with Crippen LogP contribution in [0.3, 0.4) is 0 Å². The number of hydrogen-bond donors (Lipinski definition) is 0. The van der Waals surface area contributed by atoms with Crippen LogP contribution in [0, 0.1) is 5.82 Å². The van der Waals surface area contributed by atoms with E-state index >= 15 is 0 Å². The molecule has 6 nitrogen and oxygen atoms in total. The maximum absolute atomic E-state index is 14.1. The minimum absolute atomic E-state index is 0.165. The maximum Gasteiger partial charge on any atom is 0.277 e. The number of benzene rings is 3. The largest absolute Gasteiger partial charge is 0.493 e. The lowest BCUT2D eigenvalue weighted by Crippen LogP contribution is -2.23. The minimum atomic E-state index is -0.363. The first-order valence-corrected chi connectivity index (χ1v) is 11.9. The van der Waals surface area contributed by atoms with Crippen LogP contribution in [0.5, 0.6) is 11.5 Å². The highest BCUT2D eigenvalue weighted by molar-refractivity contribution is 9.10. The Hall–Kier alpha value is -3.65. The van der Waals surface area contributed by atoms with Gasteiger partial charge in [-0.15, -0.1) is 0 Å². The van der Waals surface area contributed by atoms with E-state index in [9.17, 15) is 9.18 Å². The Morgan fingerprint density at radius 3 is 2.57 bits per heavy atom. The molecule has 3 aromatic carbocycles.